The number of carbonyl (C=O) groups excluding carboxylic acids is 2. The first-order valence-electron chi connectivity index (χ1n) is 9.87. The fraction of sp³-hybridized carbons (Fsp3) is 0.182. The predicted octanol–water partition coefficient (Wildman–Crippen LogP) is 3.71. The van der Waals surface area contributed by atoms with Crippen LogP contribution < -0.4 is 0 Å². The highest BCUT2D eigenvalue weighted by atomic mass is 32.1. The molecule has 0 saturated heterocycles. The monoisotopic (exact) mass is 450 g/mol. The van der Waals surface area contributed by atoms with Crippen LogP contribution in [0, 0.1) is 0 Å². The van der Waals surface area contributed by atoms with Gasteiger partial charge in [-0.1, -0.05) is 6.07 Å². The third-order valence-corrected chi connectivity index (χ3v) is 5.83. The minimum atomic E-state index is -0.721. The maximum atomic E-state index is 12.9. The van der Waals surface area contributed by atoms with Crippen molar-refractivity contribution in [3.05, 3.63) is 88.7 Å². The van der Waals surface area contributed by atoms with Crippen LogP contribution in [0.15, 0.2) is 80.4 Å². The quantitative estimate of drug-likeness (QED) is 0.398. The van der Waals surface area contributed by atoms with E-state index in [4.69, 9.17) is 13.6 Å². The van der Waals surface area contributed by atoms with Crippen molar-refractivity contribution in [1.82, 2.24) is 14.8 Å². The van der Waals surface area contributed by atoms with Crippen LogP contribution >= 0.6 is 11.3 Å². The number of thiophene rings is 1. The van der Waals surface area contributed by atoms with Crippen molar-refractivity contribution in [2.45, 2.75) is 19.0 Å². The lowest BCUT2D eigenvalue weighted by molar-refractivity contribution is -0.136. The normalized spacial score (nSPS) is 15.7. The molecule has 0 aromatic carbocycles. The van der Waals surface area contributed by atoms with E-state index in [2.05, 4.69) is 10.2 Å². The minimum absolute atomic E-state index is 0.0201. The Morgan fingerprint density at radius 2 is 2.12 bits per heavy atom. The summed E-state index contributed by atoms with van der Waals surface area (Å²) in [4.78, 5) is 26.2. The molecule has 1 amide bonds. The van der Waals surface area contributed by atoms with Gasteiger partial charge in [0.2, 0.25) is 5.76 Å². The van der Waals surface area contributed by atoms with Gasteiger partial charge in [0.05, 0.1) is 23.4 Å². The number of nitrogens with zero attached hydrogens (tertiary/aromatic N) is 4. The Balaban J connectivity index is 1.25. The van der Waals surface area contributed by atoms with Crippen molar-refractivity contribution in [2.24, 2.45) is 5.10 Å². The van der Waals surface area contributed by atoms with Crippen LogP contribution in [-0.4, -0.2) is 39.0 Å². The molecular formula is C22H18N4O5S. The van der Waals surface area contributed by atoms with Crippen molar-refractivity contribution >= 4 is 28.9 Å². The first-order valence-corrected chi connectivity index (χ1v) is 10.8. The Kier molecular flexibility index (Phi) is 5.42. The van der Waals surface area contributed by atoms with Gasteiger partial charge in [-0.2, -0.15) is 10.2 Å². The first-order chi connectivity index (χ1) is 15.7. The van der Waals surface area contributed by atoms with Gasteiger partial charge in [-0.05, 0) is 41.8 Å². The number of amides is 1. The van der Waals surface area contributed by atoms with Crippen LogP contribution in [0.2, 0.25) is 0 Å². The lowest BCUT2D eigenvalue weighted by Crippen LogP contribution is -2.31. The Bertz CT molecular complexity index is 1230. The number of hydrogen-bond acceptors (Lipinski definition) is 8. The average Bonchev–Trinajstić information content (AvgIpc) is 3.62. The molecule has 1 atom stereocenters. The largest absolute Gasteiger partial charge is 0.467 e. The van der Waals surface area contributed by atoms with Crippen LogP contribution in [-0.2, 0) is 16.1 Å². The van der Waals surface area contributed by atoms with Gasteiger partial charge in [0.25, 0.3) is 5.91 Å². The van der Waals surface area contributed by atoms with Crippen LogP contribution in [0.1, 0.15) is 39.4 Å². The second-order valence-corrected chi connectivity index (χ2v) is 7.99. The molecule has 0 bridgehead atoms. The van der Waals surface area contributed by atoms with Gasteiger partial charge in [0, 0.05) is 18.8 Å². The van der Waals surface area contributed by atoms with E-state index in [0.29, 0.717) is 24.5 Å². The van der Waals surface area contributed by atoms with Crippen LogP contribution in [0.25, 0.3) is 0 Å². The maximum Gasteiger partial charge on any atom is 0.374 e. The lowest BCUT2D eigenvalue weighted by Gasteiger charge is -2.19. The molecule has 0 N–H and O–H groups in total. The van der Waals surface area contributed by atoms with E-state index < -0.39 is 24.5 Å². The van der Waals surface area contributed by atoms with Gasteiger partial charge in [0.1, 0.15) is 17.6 Å². The summed E-state index contributed by atoms with van der Waals surface area (Å²) < 4.78 is 17.9. The zero-order chi connectivity index (χ0) is 21.9. The highest BCUT2D eigenvalue weighted by Gasteiger charge is 2.35. The SMILES string of the molecule is O=C(OCC(=O)N1N=C(c2cccs2)CC1c1ccco1)c1ccc(Cn2cccn2)o1. The molecular weight excluding hydrogens is 432 g/mol. The second-order valence-electron chi connectivity index (χ2n) is 7.04. The molecule has 1 unspecified atom stereocenters. The Morgan fingerprint density at radius 3 is 2.88 bits per heavy atom. The third kappa shape index (κ3) is 4.12. The average molecular weight is 450 g/mol. The van der Waals surface area contributed by atoms with Crippen LogP contribution in [0.3, 0.4) is 0 Å². The molecule has 5 rings (SSSR count). The van der Waals surface area contributed by atoms with Gasteiger partial charge in [-0.3, -0.25) is 9.48 Å². The molecule has 0 radical (unpaired) electrons. The summed E-state index contributed by atoms with van der Waals surface area (Å²) in [7, 11) is 0. The zero-order valence-corrected chi connectivity index (χ0v) is 17.6. The molecule has 0 saturated carbocycles. The predicted molar refractivity (Wildman–Crippen MR) is 114 cm³/mol. The second kappa shape index (κ2) is 8.67. The van der Waals surface area contributed by atoms with Crippen molar-refractivity contribution < 1.29 is 23.2 Å². The third-order valence-electron chi connectivity index (χ3n) is 4.91. The molecule has 4 aromatic rings. The van der Waals surface area contributed by atoms with Crippen molar-refractivity contribution in [3.8, 4) is 0 Å². The molecule has 0 spiro atoms. The van der Waals surface area contributed by atoms with E-state index in [-0.39, 0.29) is 5.76 Å². The van der Waals surface area contributed by atoms with Gasteiger partial charge >= 0.3 is 5.97 Å². The number of hydrazone groups is 1. The minimum Gasteiger partial charge on any atom is -0.467 e. The highest BCUT2D eigenvalue weighted by Crippen LogP contribution is 2.34. The summed E-state index contributed by atoms with van der Waals surface area (Å²) in [6.45, 7) is -0.0789. The number of esters is 1. The Hall–Kier alpha value is -3.92. The summed E-state index contributed by atoms with van der Waals surface area (Å²) in [6.07, 6.45) is 5.52. The maximum absolute atomic E-state index is 12.9. The molecule has 0 aliphatic carbocycles. The van der Waals surface area contributed by atoms with E-state index >= 15 is 0 Å². The molecule has 0 fully saturated rings. The standard InChI is InChI=1S/C22H18N4O5S/c27-21(14-30-22(28)19-7-6-15(31-19)13-25-9-3-8-23-25)26-17(18-4-1-10-29-18)12-16(24-26)20-5-2-11-32-20/h1-11,17H,12-14H2. The van der Waals surface area contributed by atoms with Gasteiger partial charge in [0.15, 0.2) is 6.61 Å². The molecule has 1 aliphatic rings. The van der Waals surface area contributed by atoms with Gasteiger partial charge in [-0.25, -0.2) is 9.80 Å². The zero-order valence-electron chi connectivity index (χ0n) is 16.8. The number of ether oxygens (including phenoxy) is 1. The summed E-state index contributed by atoms with van der Waals surface area (Å²) in [6, 6.07) is 12.0. The molecule has 9 nitrogen and oxygen atoms in total. The van der Waals surface area contributed by atoms with E-state index in [9.17, 15) is 9.59 Å². The summed E-state index contributed by atoms with van der Waals surface area (Å²) >= 11 is 1.55. The number of aromatic nitrogens is 2. The van der Waals surface area contributed by atoms with Crippen LogP contribution in [0.5, 0.6) is 0 Å². The number of furan rings is 2. The molecule has 4 aromatic heterocycles. The van der Waals surface area contributed by atoms with Crippen molar-refractivity contribution in [2.75, 3.05) is 6.61 Å². The highest BCUT2D eigenvalue weighted by molar-refractivity contribution is 7.12. The van der Waals surface area contributed by atoms with Crippen LogP contribution in [0.4, 0.5) is 0 Å². The van der Waals surface area contributed by atoms with Crippen molar-refractivity contribution in [1.29, 1.82) is 0 Å². The topological polar surface area (TPSA) is 103 Å². The number of hydrogen-bond donors (Lipinski definition) is 0. The molecule has 1 aliphatic heterocycles. The molecule has 10 heteroatoms. The van der Waals surface area contributed by atoms with E-state index in [1.807, 2.05) is 17.5 Å². The van der Waals surface area contributed by atoms with Crippen molar-refractivity contribution in [3.63, 3.8) is 0 Å². The molecule has 162 valence electrons. The number of rotatable bonds is 7. The Morgan fingerprint density at radius 1 is 1.19 bits per heavy atom. The van der Waals surface area contributed by atoms with E-state index in [1.165, 1.54) is 11.1 Å². The Labute approximate surface area is 186 Å². The summed E-state index contributed by atoms with van der Waals surface area (Å²) in [5.41, 5.74) is 0.787. The summed E-state index contributed by atoms with van der Waals surface area (Å²) in [5, 5.41) is 11.9. The number of carbonyl (C=O) groups is 2. The molecule has 32 heavy (non-hydrogen) atoms. The van der Waals surface area contributed by atoms with E-state index in [1.54, 1.807) is 58.9 Å². The van der Waals surface area contributed by atoms with Gasteiger partial charge < -0.3 is 13.6 Å². The molecule has 5 heterocycles. The summed E-state index contributed by atoms with van der Waals surface area (Å²) in [5.74, 6) is 0.0199. The van der Waals surface area contributed by atoms with Gasteiger partial charge in [-0.15, -0.1) is 11.3 Å². The fourth-order valence-corrected chi connectivity index (χ4v) is 4.15. The fourth-order valence-electron chi connectivity index (χ4n) is 3.43. The first kappa shape index (κ1) is 20.0. The smallest absolute Gasteiger partial charge is 0.374 e. The lowest BCUT2D eigenvalue weighted by atomic mass is 10.1. The van der Waals surface area contributed by atoms with E-state index in [0.717, 1.165) is 10.6 Å².